The van der Waals surface area contributed by atoms with Crippen molar-refractivity contribution in [3.63, 3.8) is 0 Å². The van der Waals surface area contributed by atoms with Crippen LogP contribution in [0.15, 0.2) is 41.4 Å². The second-order valence-electron chi connectivity index (χ2n) is 3.95. The number of ether oxygens (including phenoxy) is 1. The number of pyridine rings is 1. The minimum Gasteiger partial charge on any atom is -0.438 e. The number of aromatic nitrogens is 1. The lowest BCUT2D eigenvalue weighted by Gasteiger charge is -2.09. The number of rotatable bonds is 4. The van der Waals surface area contributed by atoms with Crippen LogP contribution in [-0.2, 0) is 15.5 Å². The number of hydrogen-bond donors (Lipinski definition) is 0. The molecule has 0 spiro atoms. The summed E-state index contributed by atoms with van der Waals surface area (Å²) in [5.74, 6) is 0.387. The van der Waals surface area contributed by atoms with Gasteiger partial charge >= 0.3 is 0 Å². The molecule has 1 aromatic heterocycles. The largest absolute Gasteiger partial charge is 0.438 e. The van der Waals surface area contributed by atoms with Crippen LogP contribution in [0.1, 0.15) is 12.5 Å². The fourth-order valence-electron chi connectivity index (χ4n) is 1.64. The van der Waals surface area contributed by atoms with Crippen LogP contribution in [-0.4, -0.2) is 13.4 Å². The number of nitrogens with zero attached hydrogens (tertiary/aromatic N) is 1. The minimum absolute atomic E-state index is 0.0631. The summed E-state index contributed by atoms with van der Waals surface area (Å²) in [6.07, 6.45) is 2.16. The lowest BCUT2D eigenvalue weighted by atomic mass is 10.1. The zero-order valence-corrected chi connectivity index (χ0v) is 12.8. The molecule has 0 aliphatic rings. The van der Waals surface area contributed by atoms with Crippen LogP contribution in [0.3, 0.4) is 0 Å². The fourth-order valence-corrected chi connectivity index (χ4v) is 2.78. The van der Waals surface area contributed by atoms with Crippen molar-refractivity contribution in [1.82, 2.24) is 4.98 Å². The van der Waals surface area contributed by atoms with E-state index in [1.165, 1.54) is 18.3 Å². The van der Waals surface area contributed by atoms with Gasteiger partial charge in [-0.15, -0.1) is 0 Å². The molecule has 0 radical (unpaired) electrons. The summed E-state index contributed by atoms with van der Waals surface area (Å²) in [5.41, 5.74) is 0.898. The summed E-state index contributed by atoms with van der Waals surface area (Å²) in [5, 5.41) is 0.631. The van der Waals surface area contributed by atoms with Gasteiger partial charge in [0.2, 0.25) is 5.88 Å². The maximum Gasteiger partial charge on any atom is 0.266 e. The van der Waals surface area contributed by atoms with Crippen LogP contribution in [0.5, 0.6) is 11.6 Å². The molecule has 20 heavy (non-hydrogen) atoms. The highest BCUT2D eigenvalue weighted by molar-refractivity contribution is 8.13. The maximum atomic E-state index is 11.4. The molecule has 1 heterocycles. The molecule has 4 nitrogen and oxygen atoms in total. The summed E-state index contributed by atoms with van der Waals surface area (Å²) in [6.45, 7) is 1.96. The SMILES string of the molecule is CCc1cc(Oc2ncccc2S(=O)(=O)Cl)ccc1Cl. The van der Waals surface area contributed by atoms with Crippen molar-refractivity contribution in [3.8, 4) is 11.6 Å². The molecule has 0 fully saturated rings. The van der Waals surface area contributed by atoms with E-state index in [0.29, 0.717) is 10.8 Å². The number of benzene rings is 1. The molecular weight excluding hydrogens is 321 g/mol. The third kappa shape index (κ3) is 3.42. The third-order valence-corrected chi connectivity index (χ3v) is 4.32. The molecule has 2 aromatic rings. The fraction of sp³-hybridized carbons (Fsp3) is 0.154. The highest BCUT2D eigenvalue weighted by atomic mass is 35.7. The molecule has 0 N–H and O–H groups in total. The summed E-state index contributed by atoms with van der Waals surface area (Å²) in [4.78, 5) is 3.73. The van der Waals surface area contributed by atoms with Crippen LogP contribution < -0.4 is 4.74 Å². The van der Waals surface area contributed by atoms with Crippen molar-refractivity contribution in [2.45, 2.75) is 18.2 Å². The van der Waals surface area contributed by atoms with Crippen LogP contribution in [0.4, 0.5) is 0 Å². The van der Waals surface area contributed by atoms with E-state index < -0.39 is 9.05 Å². The molecule has 0 bridgehead atoms. The Kier molecular flexibility index (Phi) is 4.52. The smallest absolute Gasteiger partial charge is 0.266 e. The van der Waals surface area contributed by atoms with Gasteiger partial charge in [-0.05, 0) is 42.3 Å². The van der Waals surface area contributed by atoms with Crippen LogP contribution in [0, 0.1) is 0 Å². The Morgan fingerprint density at radius 3 is 2.70 bits per heavy atom. The van der Waals surface area contributed by atoms with E-state index in [0.717, 1.165) is 12.0 Å². The Morgan fingerprint density at radius 2 is 2.05 bits per heavy atom. The van der Waals surface area contributed by atoms with Gasteiger partial charge in [0, 0.05) is 21.9 Å². The number of hydrogen-bond acceptors (Lipinski definition) is 4. The van der Waals surface area contributed by atoms with Crippen LogP contribution in [0.2, 0.25) is 5.02 Å². The highest BCUT2D eigenvalue weighted by Crippen LogP contribution is 2.30. The van der Waals surface area contributed by atoms with Gasteiger partial charge in [0.15, 0.2) is 0 Å². The van der Waals surface area contributed by atoms with Crippen molar-refractivity contribution in [1.29, 1.82) is 0 Å². The van der Waals surface area contributed by atoms with E-state index in [4.69, 9.17) is 27.0 Å². The third-order valence-electron chi connectivity index (χ3n) is 2.61. The van der Waals surface area contributed by atoms with Gasteiger partial charge in [-0.3, -0.25) is 0 Å². The Balaban J connectivity index is 2.41. The Hall–Kier alpha value is -1.30. The average molecular weight is 332 g/mol. The van der Waals surface area contributed by atoms with E-state index in [2.05, 4.69) is 4.98 Å². The van der Waals surface area contributed by atoms with Crippen molar-refractivity contribution in [3.05, 3.63) is 47.1 Å². The predicted molar refractivity (Wildman–Crippen MR) is 78.2 cm³/mol. The van der Waals surface area contributed by atoms with Gasteiger partial charge in [0.1, 0.15) is 10.6 Å². The zero-order chi connectivity index (χ0) is 14.8. The lowest BCUT2D eigenvalue weighted by molar-refractivity contribution is 0.447. The zero-order valence-electron chi connectivity index (χ0n) is 10.5. The summed E-state index contributed by atoms with van der Waals surface area (Å²) in [6, 6.07) is 7.87. The number of halogens is 2. The topological polar surface area (TPSA) is 56.3 Å². The molecule has 1 aromatic carbocycles. The maximum absolute atomic E-state index is 11.4. The molecule has 0 amide bonds. The van der Waals surface area contributed by atoms with Gasteiger partial charge in [0.05, 0.1) is 0 Å². The van der Waals surface area contributed by atoms with Gasteiger partial charge in [-0.2, -0.15) is 0 Å². The van der Waals surface area contributed by atoms with Crippen molar-refractivity contribution < 1.29 is 13.2 Å². The molecule has 0 atom stereocenters. The van der Waals surface area contributed by atoms with Gasteiger partial charge in [-0.1, -0.05) is 18.5 Å². The van der Waals surface area contributed by atoms with E-state index in [1.807, 2.05) is 6.92 Å². The first-order valence-electron chi connectivity index (χ1n) is 5.77. The molecular formula is C13H11Cl2NO3S. The minimum atomic E-state index is -3.92. The van der Waals surface area contributed by atoms with E-state index in [9.17, 15) is 8.42 Å². The molecule has 0 saturated heterocycles. The standard InChI is InChI=1S/C13H11Cl2NO3S/c1-2-9-8-10(5-6-11(9)14)19-13-12(20(15,17)18)4-3-7-16-13/h3-8H,2H2,1H3. The molecule has 106 valence electrons. The molecule has 0 aliphatic heterocycles. The van der Waals surface area contributed by atoms with Crippen molar-refractivity contribution in [2.75, 3.05) is 0 Å². The Bertz CT molecular complexity index is 732. The Morgan fingerprint density at radius 1 is 1.30 bits per heavy atom. The first-order chi connectivity index (χ1) is 9.41. The van der Waals surface area contributed by atoms with Gasteiger partial charge in [-0.25, -0.2) is 13.4 Å². The second kappa shape index (κ2) is 5.99. The average Bonchev–Trinajstić information content (AvgIpc) is 2.40. The second-order valence-corrected chi connectivity index (χ2v) is 6.89. The normalized spacial score (nSPS) is 11.3. The van der Waals surface area contributed by atoms with Crippen molar-refractivity contribution >= 4 is 31.3 Å². The van der Waals surface area contributed by atoms with E-state index in [1.54, 1.807) is 18.2 Å². The molecule has 0 saturated carbocycles. The number of aryl methyl sites for hydroxylation is 1. The van der Waals surface area contributed by atoms with Crippen LogP contribution >= 0.6 is 22.3 Å². The quantitative estimate of drug-likeness (QED) is 0.794. The molecule has 0 unspecified atom stereocenters. The Labute approximate surface area is 126 Å². The molecule has 2 rings (SSSR count). The molecule has 0 aliphatic carbocycles. The summed E-state index contributed by atoms with van der Waals surface area (Å²) < 4.78 is 28.4. The van der Waals surface area contributed by atoms with E-state index >= 15 is 0 Å². The predicted octanol–water partition coefficient (Wildman–Crippen LogP) is 4.02. The summed E-state index contributed by atoms with van der Waals surface area (Å²) in [7, 11) is 1.43. The van der Waals surface area contributed by atoms with Gasteiger partial charge < -0.3 is 4.74 Å². The molecule has 7 heteroatoms. The summed E-state index contributed by atoms with van der Waals surface area (Å²) >= 11 is 6.02. The monoisotopic (exact) mass is 331 g/mol. The highest BCUT2D eigenvalue weighted by Gasteiger charge is 2.18. The lowest BCUT2D eigenvalue weighted by Crippen LogP contribution is -1.98. The van der Waals surface area contributed by atoms with Crippen LogP contribution in [0.25, 0.3) is 0 Å². The van der Waals surface area contributed by atoms with E-state index in [-0.39, 0.29) is 10.8 Å². The first kappa shape index (κ1) is 15.1. The first-order valence-corrected chi connectivity index (χ1v) is 8.46. The van der Waals surface area contributed by atoms with Crippen molar-refractivity contribution in [2.24, 2.45) is 0 Å². The van der Waals surface area contributed by atoms with Gasteiger partial charge in [0.25, 0.3) is 9.05 Å².